The van der Waals surface area contributed by atoms with Gasteiger partial charge in [0.05, 0.1) is 13.2 Å². The molecule has 0 saturated carbocycles. The molecule has 0 radical (unpaired) electrons. The lowest BCUT2D eigenvalue weighted by Crippen LogP contribution is -2.36. The Bertz CT molecular complexity index is 936. The lowest BCUT2D eigenvalue weighted by Gasteiger charge is -2.29. The van der Waals surface area contributed by atoms with Crippen LogP contribution in [-0.2, 0) is 4.74 Å². The van der Waals surface area contributed by atoms with E-state index < -0.39 is 0 Å². The quantitative estimate of drug-likeness (QED) is 0.587. The molecule has 114 valence electrons. The number of carbonyl (C=O) groups is 1. The van der Waals surface area contributed by atoms with Gasteiger partial charge in [0.1, 0.15) is 5.82 Å². The summed E-state index contributed by atoms with van der Waals surface area (Å²) < 4.78 is 5.48. The number of anilines is 1. The number of aromatic amines is 1. The summed E-state index contributed by atoms with van der Waals surface area (Å²) in [7, 11) is 0. The molecule has 0 unspecified atom stereocenters. The van der Waals surface area contributed by atoms with Gasteiger partial charge in [-0.1, -0.05) is 36.4 Å². The van der Waals surface area contributed by atoms with Crippen LogP contribution in [0.5, 0.6) is 0 Å². The molecule has 1 aliphatic heterocycles. The summed E-state index contributed by atoms with van der Waals surface area (Å²) in [6.45, 7) is 3.21. The molecular weight excluding hydrogens is 288 g/mol. The summed E-state index contributed by atoms with van der Waals surface area (Å²) in [6, 6.07) is 13.8. The Labute approximate surface area is 133 Å². The molecule has 0 bridgehead atoms. The third-order valence-electron chi connectivity index (χ3n) is 4.82. The molecule has 2 aromatic carbocycles. The van der Waals surface area contributed by atoms with Crippen molar-refractivity contribution in [1.29, 1.82) is 0 Å². The van der Waals surface area contributed by atoms with E-state index in [0.717, 1.165) is 65.3 Å². The van der Waals surface area contributed by atoms with Crippen LogP contribution in [0.4, 0.5) is 5.82 Å². The summed E-state index contributed by atoms with van der Waals surface area (Å²) in [6.07, 6.45) is 0. The van der Waals surface area contributed by atoms with Gasteiger partial charge >= 0.3 is 0 Å². The lowest BCUT2D eigenvalue weighted by molar-refractivity contribution is 0.104. The first-order valence-corrected chi connectivity index (χ1v) is 7.96. The zero-order valence-corrected chi connectivity index (χ0v) is 12.6. The Morgan fingerprint density at radius 1 is 0.913 bits per heavy atom. The predicted molar refractivity (Wildman–Crippen MR) is 90.2 cm³/mol. The highest BCUT2D eigenvalue weighted by atomic mass is 16.5. The SMILES string of the molecule is O=C1c2ccccc2-c2c(N3CCOCC3)[nH]c3cccc1c23. The van der Waals surface area contributed by atoms with Gasteiger partial charge in [-0.05, 0) is 11.6 Å². The minimum Gasteiger partial charge on any atom is -0.378 e. The molecule has 4 nitrogen and oxygen atoms in total. The number of rotatable bonds is 1. The maximum absolute atomic E-state index is 12.8. The van der Waals surface area contributed by atoms with Crippen molar-refractivity contribution in [2.24, 2.45) is 0 Å². The maximum Gasteiger partial charge on any atom is 0.194 e. The number of carbonyl (C=O) groups excluding carboxylic acids is 1. The van der Waals surface area contributed by atoms with E-state index in [1.165, 1.54) is 0 Å². The van der Waals surface area contributed by atoms with E-state index in [0.29, 0.717) is 0 Å². The maximum atomic E-state index is 12.8. The molecule has 1 saturated heterocycles. The van der Waals surface area contributed by atoms with E-state index in [4.69, 9.17) is 4.74 Å². The van der Waals surface area contributed by atoms with Crippen molar-refractivity contribution in [1.82, 2.24) is 4.98 Å². The first kappa shape index (κ1) is 12.9. The highest BCUT2D eigenvalue weighted by Crippen LogP contribution is 2.45. The number of aromatic nitrogens is 1. The van der Waals surface area contributed by atoms with Crippen molar-refractivity contribution in [2.75, 3.05) is 31.2 Å². The van der Waals surface area contributed by atoms with Crippen molar-refractivity contribution in [3.05, 3.63) is 53.6 Å². The second-order valence-electron chi connectivity index (χ2n) is 6.05. The molecule has 2 heterocycles. The summed E-state index contributed by atoms with van der Waals surface area (Å²) in [5.41, 5.74) is 4.81. The molecule has 4 heteroatoms. The van der Waals surface area contributed by atoms with E-state index in [9.17, 15) is 4.79 Å². The fraction of sp³-hybridized carbons (Fsp3) is 0.211. The molecule has 23 heavy (non-hydrogen) atoms. The molecule has 5 rings (SSSR count). The number of benzene rings is 2. The normalized spacial score (nSPS) is 16.7. The van der Waals surface area contributed by atoms with E-state index >= 15 is 0 Å². The number of hydrogen-bond donors (Lipinski definition) is 1. The largest absolute Gasteiger partial charge is 0.378 e. The van der Waals surface area contributed by atoms with Gasteiger partial charge in [-0.3, -0.25) is 4.79 Å². The first-order valence-electron chi connectivity index (χ1n) is 7.96. The molecule has 1 fully saturated rings. The smallest absolute Gasteiger partial charge is 0.194 e. The second-order valence-corrected chi connectivity index (χ2v) is 6.05. The topological polar surface area (TPSA) is 45.3 Å². The van der Waals surface area contributed by atoms with Gasteiger partial charge < -0.3 is 14.6 Å². The third kappa shape index (κ3) is 1.72. The highest BCUT2D eigenvalue weighted by Gasteiger charge is 2.30. The number of morpholine rings is 1. The molecule has 0 atom stereocenters. The highest BCUT2D eigenvalue weighted by molar-refractivity contribution is 6.27. The van der Waals surface area contributed by atoms with Gasteiger partial charge in [-0.15, -0.1) is 0 Å². The Morgan fingerprint density at radius 2 is 1.65 bits per heavy atom. The van der Waals surface area contributed by atoms with Crippen molar-refractivity contribution >= 4 is 22.5 Å². The number of H-pyrrole nitrogens is 1. The van der Waals surface area contributed by atoms with E-state index in [2.05, 4.69) is 16.0 Å². The van der Waals surface area contributed by atoms with Crippen molar-refractivity contribution in [3.63, 3.8) is 0 Å². The zero-order chi connectivity index (χ0) is 15.4. The minimum absolute atomic E-state index is 0.117. The molecule has 0 amide bonds. The molecule has 3 aromatic rings. The Hall–Kier alpha value is -2.59. The number of hydrogen-bond acceptors (Lipinski definition) is 3. The van der Waals surface area contributed by atoms with Crippen LogP contribution in [0, 0.1) is 0 Å². The summed E-state index contributed by atoms with van der Waals surface area (Å²) in [5.74, 6) is 1.22. The van der Waals surface area contributed by atoms with Gasteiger partial charge in [0.25, 0.3) is 0 Å². The molecule has 1 N–H and O–H groups in total. The van der Waals surface area contributed by atoms with Crippen molar-refractivity contribution in [3.8, 4) is 11.1 Å². The number of fused-ring (bicyclic) bond motifs is 2. The van der Waals surface area contributed by atoms with Crippen LogP contribution in [0.25, 0.3) is 22.0 Å². The standard InChI is InChI=1S/C19H16N2O2/c22-18-13-5-2-1-4-12(13)17-16-14(18)6-3-7-15(16)20-19(17)21-8-10-23-11-9-21/h1-7,20H,8-11H2. The third-order valence-corrected chi connectivity index (χ3v) is 4.82. The van der Waals surface area contributed by atoms with Gasteiger partial charge in [0.2, 0.25) is 0 Å². The fourth-order valence-electron chi connectivity index (χ4n) is 3.75. The Morgan fingerprint density at radius 3 is 2.48 bits per heavy atom. The van der Waals surface area contributed by atoms with Gasteiger partial charge in [-0.25, -0.2) is 0 Å². The van der Waals surface area contributed by atoms with E-state index in [-0.39, 0.29) is 5.78 Å². The molecule has 1 aromatic heterocycles. The number of nitrogens with one attached hydrogen (secondary N) is 1. The number of nitrogens with zero attached hydrogens (tertiary/aromatic N) is 1. The van der Waals surface area contributed by atoms with Crippen LogP contribution in [0.3, 0.4) is 0 Å². The first-order chi connectivity index (χ1) is 11.3. The molecular formula is C19H16N2O2. The number of ketones is 1. The number of ether oxygens (including phenoxy) is 1. The molecule has 0 spiro atoms. The average molecular weight is 304 g/mol. The summed E-state index contributed by atoms with van der Waals surface area (Å²) in [5, 5.41) is 1.05. The second kappa shape index (κ2) is 4.70. The van der Waals surface area contributed by atoms with Crippen molar-refractivity contribution in [2.45, 2.75) is 0 Å². The van der Waals surface area contributed by atoms with Gasteiger partial charge in [-0.2, -0.15) is 0 Å². The average Bonchev–Trinajstić information content (AvgIpc) is 3.01. The van der Waals surface area contributed by atoms with Gasteiger partial charge in [0, 0.05) is 40.7 Å². The van der Waals surface area contributed by atoms with E-state index in [1.54, 1.807) is 0 Å². The Kier molecular flexibility index (Phi) is 2.64. The summed E-state index contributed by atoms with van der Waals surface area (Å²) >= 11 is 0. The van der Waals surface area contributed by atoms with Crippen LogP contribution in [-0.4, -0.2) is 37.1 Å². The molecule has 2 aliphatic rings. The molecule has 1 aliphatic carbocycles. The minimum atomic E-state index is 0.117. The van der Waals surface area contributed by atoms with E-state index in [1.807, 2.05) is 36.4 Å². The lowest BCUT2D eigenvalue weighted by atomic mass is 9.85. The fourth-order valence-corrected chi connectivity index (χ4v) is 3.75. The predicted octanol–water partition coefficient (Wildman–Crippen LogP) is 3.22. The zero-order valence-electron chi connectivity index (χ0n) is 12.6. The monoisotopic (exact) mass is 304 g/mol. The van der Waals surface area contributed by atoms with Gasteiger partial charge in [0.15, 0.2) is 5.78 Å². The summed E-state index contributed by atoms with van der Waals surface area (Å²) in [4.78, 5) is 18.7. The van der Waals surface area contributed by atoms with Crippen LogP contribution in [0.1, 0.15) is 15.9 Å². The van der Waals surface area contributed by atoms with Crippen LogP contribution >= 0.6 is 0 Å². The van der Waals surface area contributed by atoms with Crippen LogP contribution in [0.2, 0.25) is 0 Å². The van der Waals surface area contributed by atoms with Crippen molar-refractivity contribution < 1.29 is 9.53 Å². The Balaban J connectivity index is 1.86. The van der Waals surface area contributed by atoms with Crippen LogP contribution in [0.15, 0.2) is 42.5 Å². The van der Waals surface area contributed by atoms with Crippen LogP contribution < -0.4 is 4.90 Å².